The van der Waals surface area contributed by atoms with Crippen molar-refractivity contribution in [1.29, 1.82) is 0 Å². The maximum atomic E-state index is 4.45. The Balaban J connectivity index is 1.83. The molecular formula is C17H30N4. The fraction of sp³-hybridized carbons (Fsp3) is 0.706. The molecule has 0 amide bonds. The van der Waals surface area contributed by atoms with E-state index < -0.39 is 0 Å². The lowest BCUT2D eigenvalue weighted by Gasteiger charge is -2.36. The van der Waals surface area contributed by atoms with Crippen molar-refractivity contribution in [2.75, 3.05) is 38.6 Å². The molecule has 2 heterocycles. The van der Waals surface area contributed by atoms with Gasteiger partial charge in [-0.15, -0.1) is 0 Å². The summed E-state index contributed by atoms with van der Waals surface area (Å²) in [7, 11) is 4.31. The van der Waals surface area contributed by atoms with Crippen LogP contribution in [0.15, 0.2) is 24.4 Å². The Hall–Kier alpha value is -1.13. The van der Waals surface area contributed by atoms with E-state index in [4.69, 9.17) is 0 Å². The van der Waals surface area contributed by atoms with E-state index >= 15 is 0 Å². The zero-order valence-electron chi connectivity index (χ0n) is 13.9. The largest absolute Gasteiger partial charge is 0.357 e. The quantitative estimate of drug-likeness (QED) is 0.870. The van der Waals surface area contributed by atoms with Gasteiger partial charge < -0.3 is 15.1 Å². The molecule has 1 aromatic rings. The topological polar surface area (TPSA) is 31.4 Å². The third kappa shape index (κ3) is 4.97. The molecule has 0 aromatic carbocycles. The molecule has 0 radical (unpaired) electrons. The van der Waals surface area contributed by atoms with E-state index in [-0.39, 0.29) is 0 Å². The zero-order valence-corrected chi connectivity index (χ0v) is 13.9. The van der Waals surface area contributed by atoms with Crippen LogP contribution in [0.3, 0.4) is 0 Å². The number of hydrogen-bond donors (Lipinski definition) is 1. The van der Waals surface area contributed by atoms with Crippen LogP contribution in [0.1, 0.15) is 26.7 Å². The van der Waals surface area contributed by atoms with Crippen molar-refractivity contribution in [3.05, 3.63) is 24.4 Å². The van der Waals surface area contributed by atoms with Gasteiger partial charge in [-0.1, -0.05) is 19.9 Å². The summed E-state index contributed by atoms with van der Waals surface area (Å²) < 4.78 is 0. The Morgan fingerprint density at radius 2 is 2.00 bits per heavy atom. The summed E-state index contributed by atoms with van der Waals surface area (Å²) in [6, 6.07) is 7.37. The fourth-order valence-electron chi connectivity index (χ4n) is 2.97. The van der Waals surface area contributed by atoms with Crippen LogP contribution >= 0.6 is 0 Å². The van der Waals surface area contributed by atoms with Gasteiger partial charge in [-0.25, -0.2) is 4.98 Å². The highest BCUT2D eigenvalue weighted by molar-refractivity contribution is 5.38. The summed E-state index contributed by atoms with van der Waals surface area (Å²) in [5.41, 5.74) is 0. The van der Waals surface area contributed by atoms with E-state index in [0.717, 1.165) is 25.5 Å². The van der Waals surface area contributed by atoms with Crippen LogP contribution in [0.4, 0.5) is 5.82 Å². The van der Waals surface area contributed by atoms with Crippen LogP contribution in [0.5, 0.6) is 0 Å². The molecule has 0 bridgehead atoms. The molecule has 2 rings (SSSR count). The number of hydrogen-bond acceptors (Lipinski definition) is 4. The summed E-state index contributed by atoms with van der Waals surface area (Å²) in [6.45, 7) is 7.93. The van der Waals surface area contributed by atoms with Crippen LogP contribution < -0.4 is 10.2 Å². The predicted molar refractivity (Wildman–Crippen MR) is 89.8 cm³/mol. The van der Waals surface area contributed by atoms with Crippen molar-refractivity contribution in [1.82, 2.24) is 15.2 Å². The molecule has 4 nitrogen and oxygen atoms in total. The van der Waals surface area contributed by atoms with Crippen molar-refractivity contribution in [3.63, 3.8) is 0 Å². The maximum absolute atomic E-state index is 4.45. The Morgan fingerprint density at radius 3 is 2.52 bits per heavy atom. The Bertz CT molecular complexity index is 397. The van der Waals surface area contributed by atoms with Gasteiger partial charge in [0.1, 0.15) is 5.82 Å². The first-order chi connectivity index (χ1) is 10.1. The minimum absolute atomic E-state index is 0.575. The molecule has 0 spiro atoms. The molecule has 1 aromatic heterocycles. The van der Waals surface area contributed by atoms with Crippen molar-refractivity contribution < 1.29 is 0 Å². The molecule has 1 aliphatic heterocycles. The third-order valence-electron chi connectivity index (χ3n) is 4.28. The number of likely N-dealkylation sites (N-methyl/N-ethyl adjacent to an activating group) is 1. The van der Waals surface area contributed by atoms with Gasteiger partial charge in [0.05, 0.1) is 0 Å². The van der Waals surface area contributed by atoms with E-state index in [1.54, 1.807) is 0 Å². The third-order valence-corrected chi connectivity index (χ3v) is 4.28. The van der Waals surface area contributed by atoms with Crippen molar-refractivity contribution in [2.24, 2.45) is 5.92 Å². The average molecular weight is 290 g/mol. The summed E-state index contributed by atoms with van der Waals surface area (Å²) in [5.74, 6) is 1.78. The van der Waals surface area contributed by atoms with Gasteiger partial charge in [0.25, 0.3) is 0 Å². The highest BCUT2D eigenvalue weighted by Crippen LogP contribution is 2.18. The summed E-state index contributed by atoms with van der Waals surface area (Å²) in [6.07, 6.45) is 4.28. The maximum Gasteiger partial charge on any atom is 0.128 e. The first-order valence-corrected chi connectivity index (χ1v) is 8.13. The smallest absolute Gasteiger partial charge is 0.128 e. The molecule has 1 saturated heterocycles. The van der Waals surface area contributed by atoms with E-state index in [1.165, 1.54) is 12.8 Å². The number of aromatic nitrogens is 1. The second kappa shape index (κ2) is 7.76. The standard InChI is InChI=1S/C17H30N4/c1-14(2)16(13-20(3)4)19-15-8-11-21(12-9-15)17-7-5-6-10-18-17/h5-7,10,14-16,19H,8-9,11-13H2,1-4H3. The van der Waals surface area contributed by atoms with Gasteiger partial charge >= 0.3 is 0 Å². The van der Waals surface area contributed by atoms with Gasteiger partial charge in [0, 0.05) is 37.9 Å². The van der Waals surface area contributed by atoms with Crippen molar-refractivity contribution in [3.8, 4) is 0 Å². The molecule has 0 aliphatic carbocycles. The van der Waals surface area contributed by atoms with Crippen LogP contribution in [0, 0.1) is 5.92 Å². The van der Waals surface area contributed by atoms with Gasteiger partial charge in [0.15, 0.2) is 0 Å². The molecule has 4 heteroatoms. The summed E-state index contributed by atoms with van der Waals surface area (Å²) >= 11 is 0. The Kier molecular flexibility index (Phi) is 6.00. The van der Waals surface area contributed by atoms with Crippen molar-refractivity contribution in [2.45, 2.75) is 38.8 Å². The predicted octanol–water partition coefficient (Wildman–Crippen LogP) is 2.23. The second-order valence-electron chi connectivity index (χ2n) is 6.73. The molecule has 0 saturated carbocycles. The lowest BCUT2D eigenvalue weighted by atomic mass is 9.98. The molecule has 1 fully saturated rings. The first-order valence-electron chi connectivity index (χ1n) is 8.13. The van der Waals surface area contributed by atoms with Crippen LogP contribution in [-0.2, 0) is 0 Å². The number of pyridine rings is 1. The lowest BCUT2D eigenvalue weighted by molar-refractivity contribution is 0.254. The van der Waals surface area contributed by atoms with Crippen LogP contribution in [0.2, 0.25) is 0 Å². The van der Waals surface area contributed by atoms with Crippen molar-refractivity contribution >= 4 is 5.82 Å². The van der Waals surface area contributed by atoms with E-state index in [2.05, 4.69) is 60.2 Å². The zero-order chi connectivity index (χ0) is 15.2. The minimum atomic E-state index is 0.575. The molecule has 118 valence electrons. The van der Waals surface area contributed by atoms with E-state index in [1.807, 2.05) is 12.3 Å². The monoisotopic (exact) mass is 290 g/mol. The highest BCUT2D eigenvalue weighted by atomic mass is 15.2. The minimum Gasteiger partial charge on any atom is -0.357 e. The molecule has 1 N–H and O–H groups in total. The van der Waals surface area contributed by atoms with Crippen LogP contribution in [-0.4, -0.2) is 55.7 Å². The Labute approximate surface area is 129 Å². The Morgan fingerprint density at radius 1 is 1.29 bits per heavy atom. The second-order valence-corrected chi connectivity index (χ2v) is 6.73. The van der Waals surface area contributed by atoms with Gasteiger partial charge in [-0.3, -0.25) is 0 Å². The number of nitrogens with zero attached hydrogens (tertiary/aromatic N) is 3. The molecular weight excluding hydrogens is 260 g/mol. The first kappa shape index (κ1) is 16.2. The lowest BCUT2D eigenvalue weighted by Crippen LogP contribution is -2.51. The summed E-state index contributed by atoms with van der Waals surface area (Å²) in [5, 5.41) is 3.87. The van der Waals surface area contributed by atoms with E-state index in [9.17, 15) is 0 Å². The van der Waals surface area contributed by atoms with Gasteiger partial charge in [-0.2, -0.15) is 0 Å². The SMILES string of the molecule is CC(C)C(CN(C)C)NC1CCN(c2ccccn2)CC1. The molecule has 1 atom stereocenters. The average Bonchev–Trinajstić information content (AvgIpc) is 2.48. The molecule has 21 heavy (non-hydrogen) atoms. The number of nitrogens with one attached hydrogen (secondary N) is 1. The van der Waals surface area contributed by atoms with Gasteiger partial charge in [-0.05, 0) is 45.0 Å². The number of rotatable bonds is 6. The fourth-order valence-corrected chi connectivity index (χ4v) is 2.97. The highest BCUT2D eigenvalue weighted by Gasteiger charge is 2.23. The normalized spacial score (nSPS) is 18.5. The number of piperidine rings is 1. The summed E-state index contributed by atoms with van der Waals surface area (Å²) in [4.78, 5) is 9.13. The molecule has 1 unspecified atom stereocenters. The van der Waals surface area contributed by atoms with Crippen LogP contribution in [0.25, 0.3) is 0 Å². The van der Waals surface area contributed by atoms with E-state index in [0.29, 0.717) is 18.0 Å². The molecule has 1 aliphatic rings. The van der Waals surface area contributed by atoms with Gasteiger partial charge in [0.2, 0.25) is 0 Å². The number of anilines is 1.